The van der Waals surface area contributed by atoms with Crippen LogP contribution in [0.15, 0.2) is 70.9 Å². The van der Waals surface area contributed by atoms with Crippen LogP contribution < -0.4 is 15.0 Å². The van der Waals surface area contributed by atoms with Crippen LogP contribution >= 0.6 is 11.8 Å². The molecule has 0 amide bonds. The van der Waals surface area contributed by atoms with E-state index in [4.69, 9.17) is 9.47 Å². The minimum absolute atomic E-state index is 0.0440. The number of carbonyl (C=O) groups is 1. The Balaban J connectivity index is 1.50. The van der Waals surface area contributed by atoms with Gasteiger partial charge in [0.2, 0.25) is 5.65 Å². The van der Waals surface area contributed by atoms with Crippen molar-refractivity contribution < 1.29 is 14.3 Å². The summed E-state index contributed by atoms with van der Waals surface area (Å²) >= 11 is 1.24. The van der Waals surface area contributed by atoms with Crippen molar-refractivity contribution in [2.24, 2.45) is 0 Å². The Labute approximate surface area is 188 Å². The number of fused-ring (bicyclic) bond motifs is 1. The van der Waals surface area contributed by atoms with Gasteiger partial charge >= 0.3 is 5.56 Å². The van der Waals surface area contributed by atoms with E-state index in [1.54, 1.807) is 41.1 Å². The lowest BCUT2D eigenvalue weighted by Gasteiger charge is -2.08. The van der Waals surface area contributed by atoms with Crippen molar-refractivity contribution in [1.29, 1.82) is 0 Å². The Bertz CT molecular complexity index is 1280. The summed E-state index contributed by atoms with van der Waals surface area (Å²) in [6.07, 6.45) is 3.38. The van der Waals surface area contributed by atoms with Gasteiger partial charge in [0.1, 0.15) is 11.5 Å². The molecule has 2 heterocycles. The molecule has 0 atom stereocenters. The van der Waals surface area contributed by atoms with E-state index in [1.165, 1.54) is 16.3 Å². The largest absolute Gasteiger partial charge is 0.494 e. The molecule has 0 N–H and O–H groups in total. The molecule has 8 nitrogen and oxygen atoms in total. The maximum absolute atomic E-state index is 12.9. The molecule has 2 aromatic heterocycles. The average molecular weight is 451 g/mol. The molecule has 0 spiro atoms. The number of ether oxygens (including phenoxy) is 2. The SMILES string of the molecule is CCOc1ccc(C(=O)CSc2nnc3c(=O)n(-c4ccc(OCC)cc4)ccn23)cc1. The summed E-state index contributed by atoms with van der Waals surface area (Å²) in [5, 5.41) is 8.63. The van der Waals surface area contributed by atoms with Crippen LogP contribution in [0.4, 0.5) is 0 Å². The van der Waals surface area contributed by atoms with Crippen molar-refractivity contribution in [2.45, 2.75) is 19.0 Å². The summed E-state index contributed by atoms with van der Waals surface area (Å²) < 4.78 is 13.9. The number of hydrogen-bond donors (Lipinski definition) is 0. The maximum Gasteiger partial charge on any atom is 0.300 e. The molecule has 0 unspecified atom stereocenters. The summed E-state index contributed by atoms with van der Waals surface area (Å²) in [6, 6.07) is 14.3. The van der Waals surface area contributed by atoms with Gasteiger partial charge in [-0.25, -0.2) is 0 Å². The Morgan fingerprint density at radius 1 is 0.906 bits per heavy atom. The topological polar surface area (TPSA) is 87.7 Å². The van der Waals surface area contributed by atoms with Gasteiger partial charge in [-0.05, 0) is 62.4 Å². The highest BCUT2D eigenvalue weighted by molar-refractivity contribution is 7.99. The molecule has 0 radical (unpaired) electrons. The molecule has 0 aliphatic carbocycles. The lowest BCUT2D eigenvalue weighted by molar-refractivity contribution is 0.102. The molecule has 0 aliphatic rings. The first kappa shape index (κ1) is 21.6. The minimum Gasteiger partial charge on any atom is -0.494 e. The lowest BCUT2D eigenvalue weighted by Crippen LogP contribution is -2.20. The smallest absolute Gasteiger partial charge is 0.300 e. The lowest BCUT2D eigenvalue weighted by atomic mass is 10.1. The van der Waals surface area contributed by atoms with Crippen LogP contribution in [0.5, 0.6) is 11.5 Å². The predicted molar refractivity (Wildman–Crippen MR) is 122 cm³/mol. The van der Waals surface area contributed by atoms with Crippen molar-refractivity contribution in [2.75, 3.05) is 19.0 Å². The number of rotatable bonds is 9. The maximum atomic E-state index is 12.9. The highest BCUT2D eigenvalue weighted by Crippen LogP contribution is 2.20. The van der Waals surface area contributed by atoms with Crippen molar-refractivity contribution in [3.63, 3.8) is 0 Å². The van der Waals surface area contributed by atoms with E-state index in [0.717, 1.165) is 11.5 Å². The van der Waals surface area contributed by atoms with E-state index in [0.29, 0.717) is 29.6 Å². The Hall–Kier alpha value is -3.59. The fraction of sp³-hybridized carbons (Fsp3) is 0.217. The number of benzene rings is 2. The fourth-order valence-corrected chi connectivity index (χ4v) is 3.97. The van der Waals surface area contributed by atoms with Crippen molar-refractivity contribution in [1.82, 2.24) is 19.2 Å². The van der Waals surface area contributed by atoms with Crippen molar-refractivity contribution in [3.05, 3.63) is 76.8 Å². The van der Waals surface area contributed by atoms with E-state index >= 15 is 0 Å². The molecule has 2 aromatic carbocycles. The molecule has 0 saturated carbocycles. The van der Waals surface area contributed by atoms with Gasteiger partial charge < -0.3 is 9.47 Å². The number of carbonyl (C=O) groups excluding carboxylic acids is 1. The Morgan fingerprint density at radius 3 is 2.16 bits per heavy atom. The summed E-state index contributed by atoms with van der Waals surface area (Å²) in [7, 11) is 0. The van der Waals surface area contributed by atoms with E-state index in [9.17, 15) is 9.59 Å². The second-order valence-electron chi connectivity index (χ2n) is 6.75. The molecule has 32 heavy (non-hydrogen) atoms. The second kappa shape index (κ2) is 9.69. The van der Waals surface area contributed by atoms with Gasteiger partial charge in [0.05, 0.1) is 19.0 Å². The van der Waals surface area contributed by atoms with E-state index in [1.807, 2.05) is 38.1 Å². The third-order valence-electron chi connectivity index (χ3n) is 4.68. The number of hydrogen-bond acceptors (Lipinski definition) is 7. The van der Waals surface area contributed by atoms with Crippen LogP contribution in [0.1, 0.15) is 24.2 Å². The highest BCUT2D eigenvalue weighted by Gasteiger charge is 2.14. The standard InChI is InChI=1S/C23H22N4O4S/c1-3-30-18-9-5-16(6-10-18)20(28)15-32-23-25-24-21-22(29)26(13-14-27(21)23)17-7-11-19(12-8-17)31-4-2/h5-14H,3-4,15H2,1-2H3. The average Bonchev–Trinajstić information content (AvgIpc) is 3.23. The molecule has 9 heteroatoms. The first-order valence-electron chi connectivity index (χ1n) is 10.2. The van der Waals surface area contributed by atoms with Gasteiger partial charge in [-0.15, -0.1) is 10.2 Å². The zero-order chi connectivity index (χ0) is 22.5. The van der Waals surface area contributed by atoms with Crippen LogP contribution in [0.2, 0.25) is 0 Å². The summed E-state index contributed by atoms with van der Waals surface area (Å²) in [5.74, 6) is 1.60. The van der Waals surface area contributed by atoms with Gasteiger partial charge in [0, 0.05) is 23.6 Å². The van der Waals surface area contributed by atoms with Crippen LogP contribution in [0, 0.1) is 0 Å². The summed E-state index contributed by atoms with van der Waals surface area (Å²) in [4.78, 5) is 25.4. The van der Waals surface area contributed by atoms with Gasteiger partial charge in [-0.2, -0.15) is 0 Å². The number of aromatic nitrogens is 4. The monoisotopic (exact) mass is 450 g/mol. The molecule has 0 bridgehead atoms. The minimum atomic E-state index is -0.297. The molecular weight excluding hydrogens is 428 g/mol. The molecule has 164 valence electrons. The van der Waals surface area contributed by atoms with E-state index in [2.05, 4.69) is 10.2 Å². The molecule has 0 aliphatic heterocycles. The van der Waals surface area contributed by atoms with Gasteiger partial charge in [-0.1, -0.05) is 11.8 Å². The molecule has 0 saturated heterocycles. The highest BCUT2D eigenvalue weighted by atomic mass is 32.2. The van der Waals surface area contributed by atoms with Crippen molar-refractivity contribution >= 4 is 23.2 Å². The Kier molecular flexibility index (Phi) is 6.55. The summed E-state index contributed by atoms with van der Waals surface area (Å²) in [6.45, 7) is 4.97. The van der Waals surface area contributed by atoms with Gasteiger partial charge in [0.15, 0.2) is 10.9 Å². The second-order valence-corrected chi connectivity index (χ2v) is 7.69. The van der Waals surface area contributed by atoms with Crippen LogP contribution in [0.25, 0.3) is 11.3 Å². The third-order valence-corrected chi connectivity index (χ3v) is 5.63. The van der Waals surface area contributed by atoms with E-state index < -0.39 is 0 Å². The number of ketones is 1. The first-order valence-corrected chi connectivity index (χ1v) is 11.2. The van der Waals surface area contributed by atoms with Gasteiger partial charge in [-0.3, -0.25) is 18.6 Å². The quantitative estimate of drug-likeness (QED) is 0.284. The van der Waals surface area contributed by atoms with E-state index in [-0.39, 0.29) is 22.7 Å². The Morgan fingerprint density at radius 2 is 1.53 bits per heavy atom. The zero-order valence-corrected chi connectivity index (χ0v) is 18.5. The molecule has 4 rings (SSSR count). The first-order chi connectivity index (χ1) is 15.6. The number of thioether (sulfide) groups is 1. The summed E-state index contributed by atoms with van der Waals surface area (Å²) in [5.41, 5.74) is 1.18. The van der Waals surface area contributed by atoms with Crippen LogP contribution in [-0.4, -0.2) is 43.9 Å². The fourth-order valence-electron chi connectivity index (χ4n) is 3.15. The van der Waals surface area contributed by atoms with Crippen molar-refractivity contribution in [3.8, 4) is 17.2 Å². The molecule has 0 fully saturated rings. The van der Waals surface area contributed by atoms with Crippen LogP contribution in [0.3, 0.4) is 0 Å². The van der Waals surface area contributed by atoms with Crippen LogP contribution in [-0.2, 0) is 0 Å². The normalized spacial score (nSPS) is 10.9. The number of Topliss-reactive ketones (excluding diaryl/α,β-unsaturated/α-hetero) is 1. The zero-order valence-electron chi connectivity index (χ0n) is 17.7. The third kappa shape index (κ3) is 4.52. The predicted octanol–water partition coefficient (Wildman–Crippen LogP) is 3.65. The number of nitrogens with zero attached hydrogens (tertiary/aromatic N) is 4. The molecule has 4 aromatic rings. The molecular formula is C23H22N4O4S. The van der Waals surface area contributed by atoms with Gasteiger partial charge in [0.25, 0.3) is 0 Å².